The third-order valence-electron chi connectivity index (χ3n) is 7.41. The molecule has 2 aromatic carbocycles. The second-order valence-electron chi connectivity index (χ2n) is 12.0. The van der Waals surface area contributed by atoms with Gasteiger partial charge in [0.1, 0.15) is 17.7 Å². The lowest BCUT2D eigenvalue weighted by molar-refractivity contribution is -0.143. The molecule has 4 rings (SSSR count). The van der Waals surface area contributed by atoms with Gasteiger partial charge in [0, 0.05) is 18.5 Å². The van der Waals surface area contributed by atoms with Crippen LogP contribution in [-0.2, 0) is 20.7 Å². The maximum absolute atomic E-state index is 14.5. The second kappa shape index (κ2) is 13.2. The molecule has 40 heavy (non-hydrogen) atoms. The zero-order valence-electron chi connectivity index (χ0n) is 24.0. The molecule has 0 heterocycles. The van der Waals surface area contributed by atoms with Crippen molar-refractivity contribution >= 4 is 24.0 Å². The van der Waals surface area contributed by atoms with Gasteiger partial charge in [0.15, 0.2) is 0 Å². The van der Waals surface area contributed by atoms with Gasteiger partial charge in [-0.15, -0.1) is 0 Å². The number of nitrogens with one attached hydrogen (secondary N) is 2. The maximum Gasteiger partial charge on any atom is 0.408 e. The molecular weight excluding hydrogens is 502 g/mol. The smallest absolute Gasteiger partial charge is 0.408 e. The lowest BCUT2D eigenvalue weighted by Crippen LogP contribution is -2.55. The zero-order chi connectivity index (χ0) is 28.7. The van der Waals surface area contributed by atoms with Crippen molar-refractivity contribution in [3.05, 3.63) is 77.9 Å². The van der Waals surface area contributed by atoms with Gasteiger partial charge < -0.3 is 20.3 Å². The standard InChI is InChI=1S/C33H43N3O4/c1-5-23-15-12-16-25(21-23)29(30(37)34-26-17-10-7-11-18-26)36(27-19-20-27)31(38)28(22-24-13-8-6-9-14-24)35-32(39)40-33(2,3)4/h5-6,8-9,12-16,21,26-29H,1,7,10-11,17-20,22H2,2-4H3,(H,34,37)(H,35,39). The van der Waals surface area contributed by atoms with Gasteiger partial charge in [-0.1, -0.05) is 80.4 Å². The van der Waals surface area contributed by atoms with Crippen LogP contribution >= 0.6 is 0 Å². The van der Waals surface area contributed by atoms with E-state index in [9.17, 15) is 14.4 Å². The molecule has 0 saturated heterocycles. The summed E-state index contributed by atoms with van der Waals surface area (Å²) in [5.74, 6) is -0.464. The first kappa shape index (κ1) is 29.4. The minimum atomic E-state index is -0.898. The highest BCUT2D eigenvalue weighted by Crippen LogP contribution is 2.36. The van der Waals surface area contributed by atoms with E-state index in [1.807, 2.05) is 54.6 Å². The first-order valence-electron chi connectivity index (χ1n) is 14.5. The van der Waals surface area contributed by atoms with Crippen LogP contribution in [0.3, 0.4) is 0 Å². The molecule has 0 bridgehead atoms. The lowest BCUT2D eigenvalue weighted by Gasteiger charge is -2.36. The van der Waals surface area contributed by atoms with Gasteiger partial charge in [0.05, 0.1) is 0 Å². The summed E-state index contributed by atoms with van der Waals surface area (Å²) < 4.78 is 5.52. The zero-order valence-corrected chi connectivity index (χ0v) is 24.0. The maximum atomic E-state index is 14.5. The van der Waals surface area contributed by atoms with Crippen LogP contribution in [0.2, 0.25) is 0 Å². The van der Waals surface area contributed by atoms with Crippen molar-refractivity contribution in [2.24, 2.45) is 0 Å². The Hall–Kier alpha value is -3.61. The van der Waals surface area contributed by atoms with E-state index < -0.39 is 23.8 Å². The van der Waals surface area contributed by atoms with Gasteiger partial charge in [-0.25, -0.2) is 4.79 Å². The van der Waals surface area contributed by atoms with Crippen LogP contribution in [0.5, 0.6) is 0 Å². The number of rotatable bonds is 10. The van der Waals surface area contributed by atoms with E-state index in [4.69, 9.17) is 4.74 Å². The van der Waals surface area contributed by atoms with Crippen molar-refractivity contribution < 1.29 is 19.1 Å². The summed E-state index contributed by atoms with van der Waals surface area (Å²) in [6, 6.07) is 15.5. The van der Waals surface area contributed by atoms with Gasteiger partial charge in [0.25, 0.3) is 0 Å². The SMILES string of the molecule is C=Cc1cccc(C(C(=O)NC2CCCCC2)N(C(=O)C(Cc2ccccc2)NC(=O)OC(C)(C)C)C2CC2)c1. The predicted molar refractivity (Wildman–Crippen MR) is 157 cm³/mol. The Balaban J connectivity index is 1.69. The minimum absolute atomic E-state index is 0.0827. The fourth-order valence-electron chi connectivity index (χ4n) is 5.37. The molecule has 2 N–H and O–H groups in total. The van der Waals surface area contributed by atoms with E-state index in [0.29, 0.717) is 0 Å². The summed E-state index contributed by atoms with van der Waals surface area (Å²) >= 11 is 0. The Morgan fingerprint density at radius 3 is 2.33 bits per heavy atom. The molecule has 3 amide bonds. The number of nitrogens with zero attached hydrogens (tertiary/aromatic N) is 1. The van der Waals surface area contributed by atoms with E-state index in [2.05, 4.69) is 17.2 Å². The number of carbonyl (C=O) groups excluding carboxylic acids is 3. The summed E-state index contributed by atoms with van der Waals surface area (Å²) in [7, 11) is 0. The lowest BCUT2D eigenvalue weighted by atomic mass is 9.94. The average molecular weight is 546 g/mol. The molecule has 0 aromatic heterocycles. The first-order valence-corrected chi connectivity index (χ1v) is 14.5. The molecule has 2 aliphatic carbocycles. The third kappa shape index (κ3) is 8.20. The van der Waals surface area contributed by atoms with E-state index in [1.165, 1.54) is 6.42 Å². The van der Waals surface area contributed by atoms with Crippen molar-refractivity contribution in [1.82, 2.24) is 15.5 Å². The first-order chi connectivity index (χ1) is 19.1. The molecule has 7 heteroatoms. The Morgan fingerprint density at radius 2 is 1.70 bits per heavy atom. The number of hydrogen-bond acceptors (Lipinski definition) is 4. The van der Waals surface area contributed by atoms with Crippen LogP contribution in [0.15, 0.2) is 61.2 Å². The Kier molecular flexibility index (Phi) is 9.67. The molecule has 2 aromatic rings. The number of amides is 3. The van der Waals surface area contributed by atoms with E-state index >= 15 is 0 Å². The topological polar surface area (TPSA) is 87.7 Å². The fraction of sp³-hybridized carbons (Fsp3) is 0.485. The molecule has 0 aliphatic heterocycles. The van der Waals surface area contributed by atoms with Crippen molar-refractivity contribution in [1.29, 1.82) is 0 Å². The summed E-state index contributed by atoms with van der Waals surface area (Å²) in [6.45, 7) is 9.25. The average Bonchev–Trinajstić information content (AvgIpc) is 3.76. The van der Waals surface area contributed by atoms with Crippen LogP contribution in [0, 0.1) is 0 Å². The van der Waals surface area contributed by atoms with Gasteiger partial charge in [-0.3, -0.25) is 9.59 Å². The van der Waals surface area contributed by atoms with Gasteiger partial charge in [0.2, 0.25) is 11.8 Å². The van der Waals surface area contributed by atoms with Crippen molar-refractivity contribution in [2.45, 2.75) is 102 Å². The van der Waals surface area contributed by atoms with E-state index in [-0.39, 0.29) is 30.3 Å². The highest BCUT2D eigenvalue weighted by atomic mass is 16.6. The van der Waals surface area contributed by atoms with Crippen LogP contribution in [0.4, 0.5) is 4.79 Å². The van der Waals surface area contributed by atoms with Crippen molar-refractivity contribution in [3.63, 3.8) is 0 Å². The summed E-state index contributed by atoms with van der Waals surface area (Å²) in [5, 5.41) is 6.10. The highest BCUT2D eigenvalue weighted by molar-refractivity contribution is 5.93. The Morgan fingerprint density at radius 1 is 1.00 bits per heavy atom. The summed E-state index contributed by atoms with van der Waals surface area (Å²) in [4.78, 5) is 43.1. The molecule has 214 valence electrons. The molecule has 2 saturated carbocycles. The molecule has 7 nitrogen and oxygen atoms in total. The number of ether oxygens (including phenoxy) is 1. The van der Waals surface area contributed by atoms with Crippen LogP contribution in [0.25, 0.3) is 6.08 Å². The van der Waals surface area contributed by atoms with Crippen molar-refractivity contribution in [2.75, 3.05) is 0 Å². The van der Waals surface area contributed by atoms with Gasteiger partial charge in [-0.05, 0) is 69.2 Å². The third-order valence-corrected chi connectivity index (χ3v) is 7.41. The Bertz CT molecular complexity index is 1180. The molecular formula is C33H43N3O4. The molecule has 2 unspecified atom stereocenters. The van der Waals surface area contributed by atoms with E-state index in [1.54, 1.807) is 31.7 Å². The predicted octanol–water partition coefficient (Wildman–Crippen LogP) is 5.95. The van der Waals surface area contributed by atoms with Crippen LogP contribution < -0.4 is 10.6 Å². The molecule has 2 atom stereocenters. The van der Waals surface area contributed by atoms with E-state index in [0.717, 1.165) is 55.2 Å². The largest absolute Gasteiger partial charge is 0.444 e. The van der Waals surface area contributed by atoms with Crippen LogP contribution in [0.1, 0.15) is 88.4 Å². The molecule has 2 fully saturated rings. The minimum Gasteiger partial charge on any atom is -0.444 e. The summed E-state index contributed by atoms with van der Waals surface area (Å²) in [6.07, 6.45) is 8.23. The molecule has 2 aliphatic rings. The van der Waals surface area contributed by atoms with Crippen LogP contribution in [-0.4, -0.2) is 46.5 Å². The summed E-state index contributed by atoms with van der Waals surface area (Å²) in [5.41, 5.74) is 1.81. The monoisotopic (exact) mass is 545 g/mol. The molecule has 0 spiro atoms. The Labute approximate surface area is 238 Å². The number of alkyl carbamates (subject to hydrolysis) is 1. The molecule has 0 radical (unpaired) electrons. The normalized spacial score (nSPS) is 17.3. The number of benzene rings is 2. The highest BCUT2D eigenvalue weighted by Gasteiger charge is 2.44. The van der Waals surface area contributed by atoms with Gasteiger partial charge in [-0.2, -0.15) is 0 Å². The van der Waals surface area contributed by atoms with Gasteiger partial charge >= 0.3 is 6.09 Å². The number of hydrogen-bond donors (Lipinski definition) is 2. The second-order valence-corrected chi connectivity index (χ2v) is 12.0. The van der Waals surface area contributed by atoms with Crippen molar-refractivity contribution in [3.8, 4) is 0 Å². The quantitative estimate of drug-likeness (QED) is 0.386. The number of carbonyl (C=O) groups is 3. The fourth-order valence-corrected chi connectivity index (χ4v) is 5.37.